The maximum atomic E-state index is 12.2. The van der Waals surface area contributed by atoms with Crippen molar-refractivity contribution in [3.05, 3.63) is 17.5 Å². The summed E-state index contributed by atoms with van der Waals surface area (Å²) in [5.74, 6) is 0.488. The molecule has 1 aromatic rings. The Morgan fingerprint density at radius 3 is 2.43 bits per heavy atom. The van der Waals surface area contributed by atoms with E-state index in [-0.39, 0.29) is 17.4 Å². The molecule has 1 N–H and O–H groups in total. The Kier molecular flexibility index (Phi) is 5.96. The molecule has 0 fully saturated rings. The summed E-state index contributed by atoms with van der Waals surface area (Å²) >= 11 is 0. The van der Waals surface area contributed by atoms with E-state index in [2.05, 4.69) is 45.0 Å². The molecule has 0 spiro atoms. The van der Waals surface area contributed by atoms with Gasteiger partial charge in [-0.25, -0.2) is 0 Å². The van der Waals surface area contributed by atoms with Gasteiger partial charge in [-0.15, -0.1) is 0 Å². The van der Waals surface area contributed by atoms with Crippen molar-refractivity contribution >= 4 is 5.91 Å². The molecule has 0 aromatic carbocycles. The molecule has 1 amide bonds. The summed E-state index contributed by atoms with van der Waals surface area (Å²) in [6.07, 6.45) is 0. The van der Waals surface area contributed by atoms with Crippen molar-refractivity contribution in [2.75, 3.05) is 20.3 Å². The van der Waals surface area contributed by atoms with Gasteiger partial charge in [0.25, 0.3) is 5.91 Å². The van der Waals surface area contributed by atoms with Crippen molar-refractivity contribution in [3.63, 3.8) is 0 Å². The lowest BCUT2D eigenvalue weighted by molar-refractivity contribution is 0.0927. The molecule has 21 heavy (non-hydrogen) atoms. The Morgan fingerprint density at radius 2 is 2.00 bits per heavy atom. The van der Waals surface area contributed by atoms with Gasteiger partial charge in [-0.1, -0.05) is 20.8 Å². The fraction of sp³-hybridized carbons (Fsp3) is 0.750. The molecule has 5 nitrogen and oxygen atoms in total. The summed E-state index contributed by atoms with van der Waals surface area (Å²) in [5, 5.41) is 7.42. The van der Waals surface area contributed by atoms with E-state index in [4.69, 9.17) is 4.74 Å². The van der Waals surface area contributed by atoms with Crippen LogP contribution in [0.3, 0.4) is 0 Å². The third kappa shape index (κ3) is 4.84. The van der Waals surface area contributed by atoms with Crippen molar-refractivity contribution in [3.8, 4) is 0 Å². The average Bonchev–Trinajstić information content (AvgIpc) is 2.81. The predicted molar refractivity (Wildman–Crippen MR) is 84.7 cm³/mol. The molecule has 5 heteroatoms. The number of carbonyl (C=O) groups is 1. The highest BCUT2D eigenvalue weighted by Crippen LogP contribution is 2.23. The third-order valence-electron chi connectivity index (χ3n) is 3.26. The number of hydrogen-bond acceptors (Lipinski definition) is 3. The largest absolute Gasteiger partial charge is 0.384 e. The summed E-state index contributed by atoms with van der Waals surface area (Å²) in [5.41, 5.74) is 1.43. The van der Waals surface area contributed by atoms with E-state index in [0.29, 0.717) is 24.8 Å². The second-order valence-electron chi connectivity index (χ2n) is 6.96. The van der Waals surface area contributed by atoms with Gasteiger partial charge in [0.2, 0.25) is 0 Å². The van der Waals surface area contributed by atoms with Crippen LogP contribution in [0.25, 0.3) is 0 Å². The first-order chi connectivity index (χ1) is 9.66. The van der Waals surface area contributed by atoms with Gasteiger partial charge in [0.15, 0.2) is 0 Å². The predicted octanol–water partition coefficient (Wildman–Crippen LogP) is 2.77. The number of hydrogen-bond donors (Lipinski definition) is 1. The lowest BCUT2D eigenvalue weighted by Crippen LogP contribution is -2.31. The number of aromatic nitrogens is 2. The number of ether oxygens (including phenoxy) is 1. The Hall–Kier alpha value is -1.36. The normalized spacial score (nSPS) is 13.5. The Bertz CT molecular complexity index is 472. The third-order valence-corrected chi connectivity index (χ3v) is 3.26. The minimum Gasteiger partial charge on any atom is -0.384 e. The van der Waals surface area contributed by atoms with Crippen LogP contribution in [0.15, 0.2) is 6.07 Å². The average molecular weight is 295 g/mol. The summed E-state index contributed by atoms with van der Waals surface area (Å²) < 4.78 is 7.02. The lowest BCUT2D eigenvalue weighted by atomic mass is 10.1. The van der Waals surface area contributed by atoms with Gasteiger partial charge in [-0.05, 0) is 38.7 Å². The van der Waals surface area contributed by atoms with Crippen molar-refractivity contribution in [2.24, 2.45) is 5.92 Å². The zero-order chi connectivity index (χ0) is 16.2. The zero-order valence-corrected chi connectivity index (χ0v) is 14.4. The zero-order valence-electron chi connectivity index (χ0n) is 14.4. The van der Waals surface area contributed by atoms with Crippen LogP contribution in [-0.2, 0) is 10.3 Å². The number of nitrogens with one attached hydrogen (secondary N) is 1. The minimum absolute atomic E-state index is 0.122. The molecule has 1 atom stereocenters. The van der Waals surface area contributed by atoms with Crippen LogP contribution in [0.4, 0.5) is 0 Å². The monoisotopic (exact) mass is 295 g/mol. The SMILES string of the molecule is COC[C@H](C)CNC(=O)c1cc(C(C)C)n(C(C)(C)C)n1. The van der Waals surface area contributed by atoms with Crippen LogP contribution in [-0.4, -0.2) is 35.9 Å². The molecule has 0 aliphatic heterocycles. The second-order valence-corrected chi connectivity index (χ2v) is 6.96. The Balaban J connectivity index is 2.86. The van der Waals surface area contributed by atoms with Crippen molar-refractivity contribution < 1.29 is 9.53 Å². The molecular weight excluding hydrogens is 266 g/mol. The molecule has 0 bridgehead atoms. The van der Waals surface area contributed by atoms with Crippen LogP contribution in [0.5, 0.6) is 0 Å². The fourth-order valence-electron chi connectivity index (χ4n) is 2.16. The van der Waals surface area contributed by atoms with Gasteiger partial charge in [-0.2, -0.15) is 5.10 Å². The minimum atomic E-state index is -0.137. The van der Waals surface area contributed by atoms with Crippen LogP contribution < -0.4 is 5.32 Å². The maximum absolute atomic E-state index is 12.2. The highest BCUT2D eigenvalue weighted by molar-refractivity contribution is 5.92. The molecule has 1 aromatic heterocycles. The lowest BCUT2D eigenvalue weighted by Gasteiger charge is -2.23. The second kappa shape index (κ2) is 7.07. The summed E-state index contributed by atoms with van der Waals surface area (Å²) in [6.45, 7) is 13.8. The number of rotatable bonds is 6. The molecular formula is C16H29N3O2. The molecule has 1 heterocycles. The standard InChI is InChI=1S/C16H29N3O2/c1-11(2)14-8-13(18-19(14)16(4,5)6)15(20)17-9-12(3)10-21-7/h8,11-12H,9-10H2,1-7H3,(H,17,20)/t12-/m1/s1. The van der Waals surface area contributed by atoms with Crippen molar-refractivity contribution in [2.45, 2.75) is 53.0 Å². The van der Waals surface area contributed by atoms with Gasteiger partial charge < -0.3 is 10.1 Å². The van der Waals surface area contributed by atoms with Crippen molar-refractivity contribution in [1.82, 2.24) is 15.1 Å². The topological polar surface area (TPSA) is 56.1 Å². The highest BCUT2D eigenvalue weighted by atomic mass is 16.5. The number of nitrogens with zero attached hydrogens (tertiary/aromatic N) is 2. The first-order valence-electron chi connectivity index (χ1n) is 7.54. The van der Waals surface area contributed by atoms with Crippen LogP contribution in [0.2, 0.25) is 0 Å². The van der Waals surface area contributed by atoms with Gasteiger partial charge in [-0.3, -0.25) is 9.48 Å². The molecule has 0 aliphatic carbocycles. The van der Waals surface area contributed by atoms with Crippen LogP contribution in [0, 0.1) is 5.92 Å². The maximum Gasteiger partial charge on any atom is 0.271 e. The van der Waals surface area contributed by atoms with Gasteiger partial charge >= 0.3 is 0 Å². The van der Waals surface area contributed by atoms with Gasteiger partial charge in [0.05, 0.1) is 12.1 Å². The van der Waals surface area contributed by atoms with Gasteiger partial charge in [0, 0.05) is 19.3 Å². The number of amides is 1. The Labute approximate surface area is 128 Å². The molecule has 120 valence electrons. The summed E-state index contributed by atoms with van der Waals surface area (Å²) in [7, 11) is 1.66. The molecule has 0 radical (unpaired) electrons. The van der Waals surface area contributed by atoms with E-state index in [1.165, 1.54) is 0 Å². The summed E-state index contributed by atoms with van der Waals surface area (Å²) in [4.78, 5) is 12.2. The number of methoxy groups -OCH3 is 1. The van der Waals surface area contributed by atoms with E-state index in [1.807, 2.05) is 17.7 Å². The van der Waals surface area contributed by atoms with E-state index in [9.17, 15) is 4.79 Å². The Morgan fingerprint density at radius 1 is 1.38 bits per heavy atom. The summed E-state index contributed by atoms with van der Waals surface area (Å²) in [6, 6.07) is 1.90. The van der Waals surface area contributed by atoms with E-state index >= 15 is 0 Å². The first kappa shape index (κ1) is 17.7. The molecule has 0 saturated carbocycles. The first-order valence-corrected chi connectivity index (χ1v) is 7.54. The molecule has 1 rings (SSSR count). The highest BCUT2D eigenvalue weighted by Gasteiger charge is 2.23. The van der Waals surface area contributed by atoms with Gasteiger partial charge in [0.1, 0.15) is 5.69 Å². The molecule has 0 unspecified atom stereocenters. The van der Waals surface area contributed by atoms with Crippen LogP contribution in [0.1, 0.15) is 63.6 Å². The van der Waals surface area contributed by atoms with Crippen LogP contribution >= 0.6 is 0 Å². The smallest absolute Gasteiger partial charge is 0.271 e. The van der Waals surface area contributed by atoms with Crippen molar-refractivity contribution in [1.29, 1.82) is 0 Å². The van der Waals surface area contributed by atoms with E-state index < -0.39 is 0 Å². The number of carbonyl (C=O) groups excluding carboxylic acids is 1. The molecule has 0 aliphatic rings. The molecule has 0 saturated heterocycles. The van der Waals surface area contributed by atoms with E-state index in [0.717, 1.165) is 5.69 Å². The quantitative estimate of drug-likeness (QED) is 0.878. The van der Waals surface area contributed by atoms with E-state index in [1.54, 1.807) is 7.11 Å². The fourth-order valence-corrected chi connectivity index (χ4v) is 2.16.